The topological polar surface area (TPSA) is 34.9 Å². The molecule has 0 saturated heterocycles. The molecule has 1 aromatic heterocycles. The van der Waals surface area contributed by atoms with Gasteiger partial charge in [0.25, 0.3) is 0 Å². The summed E-state index contributed by atoms with van der Waals surface area (Å²) in [4.78, 5) is 11.5. The van der Waals surface area contributed by atoms with E-state index in [-0.39, 0.29) is 5.92 Å². The van der Waals surface area contributed by atoms with Crippen molar-refractivity contribution in [2.24, 2.45) is 5.92 Å². The summed E-state index contributed by atoms with van der Waals surface area (Å²) in [5, 5.41) is 5.11. The van der Waals surface area contributed by atoms with Crippen LogP contribution in [0.4, 0.5) is 0 Å². The third-order valence-corrected chi connectivity index (χ3v) is 3.43. The minimum absolute atomic E-state index is 0.128. The summed E-state index contributed by atoms with van der Waals surface area (Å²) in [7, 11) is 0. The van der Waals surface area contributed by atoms with E-state index < -0.39 is 0 Å². The fourth-order valence-corrected chi connectivity index (χ4v) is 2.06. The molecule has 0 aliphatic rings. The van der Waals surface area contributed by atoms with Crippen molar-refractivity contribution in [3.8, 4) is 0 Å². The van der Waals surface area contributed by atoms with E-state index in [0.29, 0.717) is 12.2 Å². The first-order valence-corrected chi connectivity index (χ1v) is 6.59. The molecular formula is C13H21ClN2O. The largest absolute Gasteiger partial charge is 0.299 e. The Morgan fingerprint density at radius 3 is 2.65 bits per heavy atom. The maximum atomic E-state index is 11.5. The van der Waals surface area contributed by atoms with Gasteiger partial charge in [0.05, 0.1) is 16.4 Å². The van der Waals surface area contributed by atoms with Crippen molar-refractivity contribution in [2.75, 3.05) is 0 Å². The minimum Gasteiger partial charge on any atom is -0.299 e. The number of hydrogen-bond donors (Lipinski definition) is 0. The zero-order valence-electron chi connectivity index (χ0n) is 11.1. The summed E-state index contributed by atoms with van der Waals surface area (Å²) in [5.74, 6) is 0.448. The number of hydrogen-bond acceptors (Lipinski definition) is 2. The zero-order valence-corrected chi connectivity index (χ0v) is 11.8. The van der Waals surface area contributed by atoms with E-state index in [4.69, 9.17) is 11.6 Å². The molecule has 0 spiro atoms. The molecule has 0 N–H and O–H groups in total. The lowest BCUT2D eigenvalue weighted by atomic mass is 10.0. The summed E-state index contributed by atoms with van der Waals surface area (Å²) in [6.45, 7) is 8.66. The van der Waals surface area contributed by atoms with Gasteiger partial charge in [0.1, 0.15) is 5.78 Å². The summed E-state index contributed by atoms with van der Waals surface area (Å²) in [6, 6.07) is 0. The first kappa shape index (κ1) is 14.2. The molecule has 0 aliphatic heterocycles. The Hall–Kier alpha value is -0.830. The number of halogens is 1. The molecule has 0 amide bonds. The predicted octanol–water partition coefficient (Wildman–Crippen LogP) is 3.41. The standard InChI is InChI=1S/C13H21ClN2O/c1-5-16-11(13(14)10(4)15-16)7-6-8-12(17)9(2)3/h9H,5-8H2,1-4H3. The van der Waals surface area contributed by atoms with Crippen molar-refractivity contribution < 1.29 is 4.79 Å². The molecule has 0 radical (unpaired) electrons. The van der Waals surface area contributed by atoms with E-state index in [2.05, 4.69) is 5.10 Å². The van der Waals surface area contributed by atoms with Gasteiger partial charge in [0, 0.05) is 18.9 Å². The van der Waals surface area contributed by atoms with E-state index in [0.717, 1.165) is 35.8 Å². The average Bonchev–Trinajstić information content (AvgIpc) is 2.56. The Balaban J connectivity index is 2.60. The quantitative estimate of drug-likeness (QED) is 0.782. The first-order valence-electron chi connectivity index (χ1n) is 6.21. The molecule has 96 valence electrons. The van der Waals surface area contributed by atoms with Gasteiger partial charge in [-0.3, -0.25) is 9.48 Å². The number of carbonyl (C=O) groups is 1. The predicted molar refractivity (Wildman–Crippen MR) is 70.4 cm³/mol. The van der Waals surface area contributed by atoms with Crippen LogP contribution in [-0.4, -0.2) is 15.6 Å². The van der Waals surface area contributed by atoms with Gasteiger partial charge in [0.2, 0.25) is 0 Å². The molecule has 4 heteroatoms. The highest BCUT2D eigenvalue weighted by molar-refractivity contribution is 6.31. The lowest BCUT2D eigenvalue weighted by Gasteiger charge is -2.06. The first-order chi connectivity index (χ1) is 7.97. The molecule has 0 saturated carbocycles. The zero-order chi connectivity index (χ0) is 13.0. The van der Waals surface area contributed by atoms with Crippen molar-refractivity contribution in [3.05, 3.63) is 16.4 Å². The van der Waals surface area contributed by atoms with Crippen LogP contribution in [0, 0.1) is 12.8 Å². The Bertz CT molecular complexity index is 396. The van der Waals surface area contributed by atoms with Gasteiger partial charge in [-0.2, -0.15) is 5.10 Å². The summed E-state index contributed by atoms with van der Waals surface area (Å²) in [6.07, 6.45) is 2.30. The summed E-state index contributed by atoms with van der Waals surface area (Å²) >= 11 is 6.20. The van der Waals surface area contributed by atoms with Crippen molar-refractivity contribution in [3.63, 3.8) is 0 Å². The van der Waals surface area contributed by atoms with Crippen LogP contribution in [0.25, 0.3) is 0 Å². The molecule has 1 aromatic rings. The number of Topliss-reactive ketones (excluding diaryl/α,β-unsaturated/α-hetero) is 1. The second kappa shape index (κ2) is 6.20. The fraction of sp³-hybridized carbons (Fsp3) is 0.692. The molecule has 0 aliphatic carbocycles. The smallest absolute Gasteiger partial charge is 0.135 e. The highest BCUT2D eigenvalue weighted by Gasteiger charge is 2.13. The van der Waals surface area contributed by atoms with Crippen molar-refractivity contribution in [1.82, 2.24) is 9.78 Å². The maximum absolute atomic E-state index is 11.5. The number of nitrogens with zero attached hydrogens (tertiary/aromatic N) is 2. The van der Waals surface area contributed by atoms with Gasteiger partial charge in [0.15, 0.2) is 0 Å². The lowest BCUT2D eigenvalue weighted by molar-refractivity contribution is -0.121. The third kappa shape index (κ3) is 3.56. The van der Waals surface area contributed by atoms with Crippen molar-refractivity contribution in [2.45, 2.75) is 53.5 Å². The summed E-state index contributed by atoms with van der Waals surface area (Å²) in [5.41, 5.74) is 1.93. The fourth-order valence-electron chi connectivity index (χ4n) is 1.83. The van der Waals surface area contributed by atoms with Gasteiger partial charge >= 0.3 is 0 Å². The van der Waals surface area contributed by atoms with Crippen LogP contribution in [0.5, 0.6) is 0 Å². The molecule has 3 nitrogen and oxygen atoms in total. The second-order valence-electron chi connectivity index (χ2n) is 4.64. The Kier molecular flexibility index (Phi) is 5.19. The van der Waals surface area contributed by atoms with Gasteiger partial charge in [-0.15, -0.1) is 0 Å². The SMILES string of the molecule is CCn1nc(C)c(Cl)c1CCCC(=O)C(C)C. The van der Waals surface area contributed by atoms with Crippen LogP contribution in [0.3, 0.4) is 0 Å². The van der Waals surface area contributed by atoms with Crippen LogP contribution in [0.2, 0.25) is 5.02 Å². The third-order valence-electron chi connectivity index (χ3n) is 2.93. The molecule has 1 rings (SSSR count). The monoisotopic (exact) mass is 256 g/mol. The second-order valence-corrected chi connectivity index (χ2v) is 5.01. The van der Waals surface area contributed by atoms with Gasteiger partial charge in [-0.05, 0) is 26.7 Å². The molecular weight excluding hydrogens is 236 g/mol. The highest BCUT2D eigenvalue weighted by atomic mass is 35.5. The van der Waals surface area contributed by atoms with Crippen molar-refractivity contribution in [1.29, 1.82) is 0 Å². The minimum atomic E-state index is 0.128. The number of aryl methyl sites for hydroxylation is 2. The van der Waals surface area contributed by atoms with E-state index in [1.807, 2.05) is 32.4 Å². The lowest BCUT2D eigenvalue weighted by Crippen LogP contribution is -2.08. The van der Waals surface area contributed by atoms with E-state index in [9.17, 15) is 4.79 Å². The van der Waals surface area contributed by atoms with E-state index in [1.54, 1.807) is 0 Å². The van der Waals surface area contributed by atoms with Crippen molar-refractivity contribution >= 4 is 17.4 Å². The molecule has 1 heterocycles. The Labute approximate surface area is 108 Å². The van der Waals surface area contributed by atoms with E-state index in [1.165, 1.54) is 0 Å². The molecule has 0 unspecified atom stereocenters. The number of rotatable bonds is 6. The molecule has 0 fully saturated rings. The molecule has 0 bridgehead atoms. The maximum Gasteiger partial charge on any atom is 0.135 e. The van der Waals surface area contributed by atoms with E-state index >= 15 is 0 Å². The normalized spacial score (nSPS) is 11.2. The number of carbonyl (C=O) groups excluding carboxylic acids is 1. The van der Waals surface area contributed by atoms with Gasteiger partial charge in [-0.25, -0.2) is 0 Å². The number of aromatic nitrogens is 2. The van der Waals surface area contributed by atoms with Gasteiger partial charge in [-0.1, -0.05) is 25.4 Å². The number of ketones is 1. The van der Waals surface area contributed by atoms with Crippen LogP contribution < -0.4 is 0 Å². The molecule has 17 heavy (non-hydrogen) atoms. The van der Waals surface area contributed by atoms with Crippen LogP contribution in [-0.2, 0) is 17.8 Å². The Morgan fingerprint density at radius 1 is 1.47 bits per heavy atom. The molecule has 0 aromatic carbocycles. The van der Waals surface area contributed by atoms with Crippen LogP contribution >= 0.6 is 11.6 Å². The molecule has 0 atom stereocenters. The summed E-state index contributed by atoms with van der Waals surface area (Å²) < 4.78 is 1.93. The van der Waals surface area contributed by atoms with Crippen LogP contribution in [0.1, 0.15) is 45.0 Å². The highest BCUT2D eigenvalue weighted by Crippen LogP contribution is 2.22. The average molecular weight is 257 g/mol. The Morgan fingerprint density at radius 2 is 2.12 bits per heavy atom. The van der Waals surface area contributed by atoms with Crippen LogP contribution in [0.15, 0.2) is 0 Å². The van der Waals surface area contributed by atoms with Gasteiger partial charge < -0.3 is 0 Å².